The Morgan fingerprint density at radius 1 is 1.14 bits per heavy atom. The number of nitrogen functional groups attached to an aromatic ring is 1. The molecule has 2 saturated heterocycles. The standard InChI is InChI=1S/C25H24ClF6N7O3/c26-13-1-2-14(16(9-13)39-6-3-17(37-39)24(27,28)29)20(25(30,31)32)42-19-10-18(35-22(33)36-19)38-7-4-23(5-8-38)11-15(21(40)41)34-12-23/h1-3,6,9-10,15,20,34H,4-5,7-8,11-12H2,(H,40,41)(H2,33,35,36)/t15-,20+/m0/s1. The van der Waals surface area contributed by atoms with Crippen LogP contribution < -0.4 is 20.7 Å². The Labute approximate surface area is 239 Å². The van der Waals surface area contributed by atoms with Crippen LogP contribution in [0.1, 0.15) is 36.6 Å². The first-order chi connectivity index (χ1) is 19.6. The molecule has 0 bridgehead atoms. The molecule has 2 aliphatic rings. The van der Waals surface area contributed by atoms with Gasteiger partial charge in [-0.25, -0.2) is 4.68 Å². The quantitative estimate of drug-likeness (QED) is 0.338. The first-order valence-corrected chi connectivity index (χ1v) is 13.0. The first kappa shape index (κ1) is 29.7. The number of carbonyl (C=O) groups is 1. The number of anilines is 2. The van der Waals surface area contributed by atoms with Crippen molar-refractivity contribution >= 4 is 29.3 Å². The molecule has 0 aliphatic carbocycles. The van der Waals surface area contributed by atoms with Crippen LogP contribution in [0.25, 0.3) is 5.69 Å². The van der Waals surface area contributed by atoms with E-state index in [1.54, 1.807) is 4.90 Å². The highest BCUT2D eigenvalue weighted by atomic mass is 35.5. The summed E-state index contributed by atoms with van der Waals surface area (Å²) >= 11 is 5.98. The SMILES string of the molecule is Nc1nc(O[C@H](c2ccc(Cl)cc2-n2ccc(C(F)(F)F)n2)C(F)(F)F)cc(N2CCC3(CC2)CN[C@H](C(=O)O)C3)n1. The highest BCUT2D eigenvalue weighted by Crippen LogP contribution is 2.42. The summed E-state index contributed by atoms with van der Waals surface area (Å²) in [4.78, 5) is 21.1. The van der Waals surface area contributed by atoms with Gasteiger partial charge < -0.3 is 25.8 Å². The Morgan fingerprint density at radius 2 is 1.86 bits per heavy atom. The fourth-order valence-corrected chi connectivity index (χ4v) is 5.48. The Balaban J connectivity index is 1.41. The molecule has 2 aliphatic heterocycles. The predicted octanol–water partition coefficient (Wildman–Crippen LogP) is 4.63. The molecular weight excluding hydrogens is 596 g/mol. The largest absolute Gasteiger partial charge is 0.480 e. The van der Waals surface area contributed by atoms with E-state index >= 15 is 0 Å². The summed E-state index contributed by atoms with van der Waals surface area (Å²) in [5.41, 5.74) is 3.35. The van der Waals surface area contributed by atoms with Crippen molar-refractivity contribution in [2.45, 2.75) is 43.8 Å². The Kier molecular flexibility index (Phi) is 7.64. The van der Waals surface area contributed by atoms with Crippen molar-refractivity contribution in [3.8, 4) is 11.6 Å². The van der Waals surface area contributed by atoms with Crippen LogP contribution >= 0.6 is 11.6 Å². The van der Waals surface area contributed by atoms with Gasteiger partial charge in [-0.2, -0.15) is 41.4 Å². The summed E-state index contributed by atoms with van der Waals surface area (Å²) in [5.74, 6) is -1.57. The first-order valence-electron chi connectivity index (χ1n) is 12.7. The zero-order chi connectivity index (χ0) is 30.4. The maximum Gasteiger partial charge on any atom is 0.435 e. The smallest absolute Gasteiger partial charge is 0.435 e. The molecule has 17 heteroatoms. The lowest BCUT2D eigenvalue weighted by molar-refractivity contribution is -0.198. The molecule has 2 atom stereocenters. The number of nitrogens with two attached hydrogens (primary N) is 1. The van der Waals surface area contributed by atoms with Gasteiger partial charge in [-0.3, -0.25) is 4.79 Å². The number of hydrogen-bond donors (Lipinski definition) is 3. The van der Waals surface area contributed by atoms with Gasteiger partial charge in [0.05, 0.1) is 5.69 Å². The summed E-state index contributed by atoms with van der Waals surface area (Å²) < 4.78 is 88.5. The highest BCUT2D eigenvalue weighted by molar-refractivity contribution is 6.30. The number of aromatic nitrogens is 4. The molecule has 1 spiro atoms. The zero-order valence-corrected chi connectivity index (χ0v) is 22.3. The number of halogens is 7. The van der Waals surface area contributed by atoms with Crippen LogP contribution in [0.15, 0.2) is 36.5 Å². The average Bonchev–Trinajstić information content (AvgIpc) is 3.56. The molecule has 3 aromatic rings. The van der Waals surface area contributed by atoms with E-state index < -0.39 is 47.6 Å². The van der Waals surface area contributed by atoms with E-state index in [2.05, 4.69) is 20.4 Å². The van der Waals surface area contributed by atoms with E-state index in [9.17, 15) is 36.2 Å². The van der Waals surface area contributed by atoms with Crippen molar-refractivity contribution < 1.29 is 41.0 Å². The zero-order valence-electron chi connectivity index (χ0n) is 21.6. The lowest BCUT2D eigenvalue weighted by Gasteiger charge is -2.39. The van der Waals surface area contributed by atoms with Crippen LogP contribution in [0.5, 0.6) is 5.88 Å². The van der Waals surface area contributed by atoms with Crippen LogP contribution in [0, 0.1) is 5.41 Å². The van der Waals surface area contributed by atoms with Crippen LogP contribution in [-0.4, -0.2) is 62.7 Å². The number of nitrogens with one attached hydrogen (secondary N) is 1. The van der Waals surface area contributed by atoms with Crippen molar-refractivity contribution in [1.82, 2.24) is 25.1 Å². The van der Waals surface area contributed by atoms with E-state index in [-0.39, 0.29) is 27.9 Å². The Bertz CT molecular complexity index is 1470. The van der Waals surface area contributed by atoms with Crippen molar-refractivity contribution in [3.63, 3.8) is 0 Å². The fraction of sp³-hybridized carbons (Fsp3) is 0.440. The third-order valence-electron chi connectivity index (χ3n) is 7.45. The minimum atomic E-state index is -5.05. The third-order valence-corrected chi connectivity index (χ3v) is 7.69. The van der Waals surface area contributed by atoms with Crippen LogP contribution in [0.4, 0.5) is 38.1 Å². The molecule has 4 N–H and O–H groups in total. The maximum absolute atomic E-state index is 14.4. The molecule has 5 rings (SSSR count). The van der Waals surface area contributed by atoms with E-state index in [4.69, 9.17) is 22.1 Å². The van der Waals surface area contributed by atoms with Gasteiger partial charge in [-0.1, -0.05) is 17.7 Å². The van der Waals surface area contributed by atoms with Crippen molar-refractivity contribution in [3.05, 3.63) is 52.8 Å². The molecule has 2 fully saturated rings. The second kappa shape index (κ2) is 10.8. The number of piperidine rings is 1. The van der Waals surface area contributed by atoms with Crippen LogP contribution in [0.3, 0.4) is 0 Å². The van der Waals surface area contributed by atoms with Gasteiger partial charge in [0.1, 0.15) is 11.9 Å². The van der Waals surface area contributed by atoms with Gasteiger partial charge >= 0.3 is 18.3 Å². The molecule has 2 aromatic heterocycles. The second-order valence-corrected chi connectivity index (χ2v) is 10.7. The molecule has 10 nitrogen and oxygen atoms in total. The number of rotatable bonds is 6. The normalized spacial score (nSPS) is 19.7. The van der Waals surface area contributed by atoms with E-state index in [1.165, 1.54) is 6.07 Å². The summed E-state index contributed by atoms with van der Waals surface area (Å²) in [6.07, 6.45) is -9.98. The molecule has 0 radical (unpaired) electrons. The number of nitrogens with zero attached hydrogens (tertiary/aromatic N) is 5. The molecule has 42 heavy (non-hydrogen) atoms. The molecule has 1 aromatic carbocycles. The molecule has 4 heterocycles. The number of hydrogen-bond acceptors (Lipinski definition) is 8. The number of aliphatic carboxylic acids is 1. The molecule has 0 saturated carbocycles. The predicted molar refractivity (Wildman–Crippen MR) is 137 cm³/mol. The van der Waals surface area contributed by atoms with Gasteiger partial charge in [-0.05, 0) is 42.9 Å². The number of carboxylic acid groups (broad SMARTS) is 1. The van der Waals surface area contributed by atoms with E-state index in [1.807, 2.05) is 0 Å². The van der Waals surface area contributed by atoms with Gasteiger partial charge in [0.2, 0.25) is 17.9 Å². The van der Waals surface area contributed by atoms with Gasteiger partial charge in [-0.15, -0.1) is 0 Å². The minimum Gasteiger partial charge on any atom is -0.480 e. The number of alkyl halides is 6. The number of benzene rings is 1. The lowest BCUT2D eigenvalue weighted by Crippen LogP contribution is -2.41. The van der Waals surface area contributed by atoms with Crippen LogP contribution in [0.2, 0.25) is 5.02 Å². The highest BCUT2D eigenvalue weighted by Gasteiger charge is 2.46. The third kappa shape index (κ3) is 6.18. The van der Waals surface area contributed by atoms with E-state index in [0.29, 0.717) is 49.6 Å². The number of ether oxygens (including phenoxy) is 1. The topological polar surface area (TPSA) is 131 Å². The van der Waals surface area contributed by atoms with E-state index in [0.717, 1.165) is 24.4 Å². The number of carboxylic acids is 1. The monoisotopic (exact) mass is 619 g/mol. The lowest BCUT2D eigenvalue weighted by atomic mass is 9.76. The summed E-state index contributed by atoms with van der Waals surface area (Å²) in [6, 6.07) is 4.36. The molecule has 0 unspecified atom stereocenters. The Hall–Kier alpha value is -3.79. The summed E-state index contributed by atoms with van der Waals surface area (Å²) in [5, 5.41) is 15.7. The van der Waals surface area contributed by atoms with Crippen LogP contribution in [-0.2, 0) is 11.0 Å². The molecular formula is C25H24ClF6N7O3. The van der Waals surface area contributed by atoms with Gasteiger partial charge in [0, 0.05) is 42.5 Å². The van der Waals surface area contributed by atoms with Crippen molar-refractivity contribution in [1.29, 1.82) is 0 Å². The van der Waals surface area contributed by atoms with Gasteiger partial charge in [0.15, 0.2) is 5.69 Å². The van der Waals surface area contributed by atoms with Crippen molar-refractivity contribution in [2.24, 2.45) is 5.41 Å². The summed E-state index contributed by atoms with van der Waals surface area (Å²) in [6.45, 7) is 1.42. The summed E-state index contributed by atoms with van der Waals surface area (Å²) in [7, 11) is 0. The maximum atomic E-state index is 14.4. The fourth-order valence-electron chi connectivity index (χ4n) is 5.31. The Morgan fingerprint density at radius 3 is 2.45 bits per heavy atom. The van der Waals surface area contributed by atoms with Crippen molar-refractivity contribution in [2.75, 3.05) is 30.3 Å². The second-order valence-electron chi connectivity index (χ2n) is 10.3. The van der Waals surface area contributed by atoms with Gasteiger partial charge in [0.25, 0.3) is 0 Å². The average molecular weight is 620 g/mol. The minimum absolute atomic E-state index is 0.0395. The molecule has 226 valence electrons. The molecule has 0 amide bonds.